The van der Waals surface area contributed by atoms with Crippen molar-refractivity contribution < 1.29 is 4.74 Å². The predicted molar refractivity (Wildman–Crippen MR) is 118 cm³/mol. The fraction of sp³-hybridized carbons (Fsp3) is 0.348. The molecule has 0 saturated carbocycles. The summed E-state index contributed by atoms with van der Waals surface area (Å²) >= 11 is 0. The normalized spacial score (nSPS) is 15.6. The number of allylic oxidation sites excluding steroid dienone is 1. The highest BCUT2D eigenvalue weighted by Crippen LogP contribution is 2.45. The lowest BCUT2D eigenvalue weighted by Gasteiger charge is -2.27. The molecule has 3 rings (SSSR count). The average Bonchev–Trinajstić information content (AvgIpc) is 3.12. The van der Waals surface area contributed by atoms with Crippen molar-refractivity contribution in [2.24, 2.45) is 0 Å². The van der Waals surface area contributed by atoms with Crippen LogP contribution in [0.25, 0.3) is 0 Å². The summed E-state index contributed by atoms with van der Waals surface area (Å²) in [5.74, 6) is 1.24. The summed E-state index contributed by atoms with van der Waals surface area (Å²) in [6, 6.07) is 15.7. The van der Waals surface area contributed by atoms with Gasteiger partial charge in [0.2, 0.25) is 0 Å². The van der Waals surface area contributed by atoms with Crippen LogP contribution in [0, 0.1) is 5.41 Å². The topological polar surface area (TPSA) is 45.1 Å². The molecule has 1 unspecified atom stereocenters. The summed E-state index contributed by atoms with van der Waals surface area (Å²) in [4.78, 5) is 1.42. The number of nitrogens with one attached hydrogen (secondary N) is 2. The van der Waals surface area contributed by atoms with E-state index in [2.05, 4.69) is 66.5 Å². The Morgan fingerprint density at radius 1 is 1.15 bits per heavy atom. The fourth-order valence-corrected chi connectivity index (χ4v) is 4.49. The molecule has 2 N–H and O–H groups in total. The molecule has 0 bridgehead atoms. The maximum absolute atomic E-state index is 7.77. The Kier molecular flexibility index (Phi) is 5.95. The van der Waals surface area contributed by atoms with Crippen LogP contribution in [0.2, 0.25) is 0 Å². The fourth-order valence-electron chi connectivity index (χ4n) is 3.54. The largest absolute Gasteiger partial charge is 0.493 e. The van der Waals surface area contributed by atoms with E-state index in [9.17, 15) is 0 Å². The van der Waals surface area contributed by atoms with Gasteiger partial charge in [-0.3, -0.25) is 0 Å². The Balaban J connectivity index is 1.99. The van der Waals surface area contributed by atoms with E-state index in [-0.39, 0.29) is 5.92 Å². The lowest BCUT2D eigenvalue weighted by atomic mass is 9.85. The van der Waals surface area contributed by atoms with Gasteiger partial charge >= 0.3 is 0 Å². The van der Waals surface area contributed by atoms with Crippen molar-refractivity contribution in [1.82, 2.24) is 5.32 Å². The summed E-state index contributed by atoms with van der Waals surface area (Å²) in [5.41, 5.74) is 4.87. The molecule has 1 heterocycles. The predicted octanol–water partition coefficient (Wildman–Crippen LogP) is 4.95. The van der Waals surface area contributed by atoms with Gasteiger partial charge in [0.15, 0.2) is 0 Å². The zero-order chi connectivity index (χ0) is 19.4. The molecule has 27 heavy (non-hydrogen) atoms. The third kappa shape index (κ3) is 4.56. The number of rotatable bonds is 7. The first-order chi connectivity index (χ1) is 12.9. The van der Waals surface area contributed by atoms with Crippen LogP contribution in [-0.4, -0.2) is 38.6 Å². The maximum Gasteiger partial charge on any atom is 0.122 e. The molecular formula is C23H30N2OS. The molecule has 0 aromatic heterocycles. The minimum absolute atomic E-state index is 0.223. The SMILES string of the molecule is CN/C=C(\C=N)CC(c1ccc(S(C)(C)C)cc1)c1ccc2c(c1)CCO2. The highest BCUT2D eigenvalue weighted by Gasteiger charge is 2.20. The van der Waals surface area contributed by atoms with Gasteiger partial charge in [0.25, 0.3) is 0 Å². The highest BCUT2D eigenvalue weighted by molar-refractivity contribution is 8.32. The van der Waals surface area contributed by atoms with Gasteiger partial charge in [-0.2, -0.15) is 0 Å². The lowest BCUT2D eigenvalue weighted by Crippen LogP contribution is -2.07. The van der Waals surface area contributed by atoms with Crippen LogP contribution < -0.4 is 10.1 Å². The summed E-state index contributed by atoms with van der Waals surface area (Å²) in [6.07, 6.45) is 12.1. The van der Waals surface area contributed by atoms with Crippen LogP contribution in [-0.2, 0) is 6.42 Å². The Morgan fingerprint density at radius 2 is 1.85 bits per heavy atom. The molecule has 0 spiro atoms. The first-order valence-electron chi connectivity index (χ1n) is 9.33. The van der Waals surface area contributed by atoms with Crippen molar-refractivity contribution in [2.75, 3.05) is 32.4 Å². The van der Waals surface area contributed by atoms with Crippen molar-refractivity contribution in [3.05, 3.63) is 70.9 Å². The van der Waals surface area contributed by atoms with Gasteiger partial charge in [0.1, 0.15) is 5.75 Å². The molecule has 1 atom stereocenters. The number of benzene rings is 2. The lowest BCUT2D eigenvalue weighted by molar-refractivity contribution is 0.357. The van der Waals surface area contributed by atoms with Crippen molar-refractivity contribution in [3.8, 4) is 5.75 Å². The first-order valence-corrected chi connectivity index (χ1v) is 12.2. The third-order valence-corrected chi connectivity index (χ3v) is 6.75. The number of hydrogen-bond acceptors (Lipinski definition) is 3. The molecule has 0 amide bonds. The van der Waals surface area contributed by atoms with E-state index in [0.717, 1.165) is 30.8 Å². The van der Waals surface area contributed by atoms with E-state index in [1.165, 1.54) is 27.8 Å². The second-order valence-electron chi connectivity index (χ2n) is 7.78. The smallest absolute Gasteiger partial charge is 0.122 e. The van der Waals surface area contributed by atoms with Crippen molar-refractivity contribution in [2.45, 2.75) is 23.7 Å². The van der Waals surface area contributed by atoms with Crippen LogP contribution in [0.4, 0.5) is 0 Å². The average molecular weight is 383 g/mol. The van der Waals surface area contributed by atoms with Crippen molar-refractivity contribution >= 4 is 16.2 Å². The van der Waals surface area contributed by atoms with Gasteiger partial charge < -0.3 is 15.5 Å². The van der Waals surface area contributed by atoms with E-state index >= 15 is 0 Å². The molecule has 1 aliphatic rings. The van der Waals surface area contributed by atoms with Gasteiger partial charge in [0.05, 0.1) is 6.61 Å². The molecule has 2 aromatic carbocycles. The zero-order valence-corrected chi connectivity index (χ0v) is 17.5. The number of hydrogen-bond donors (Lipinski definition) is 2. The molecule has 144 valence electrons. The van der Waals surface area contributed by atoms with E-state index in [1.807, 2.05) is 13.2 Å². The minimum Gasteiger partial charge on any atom is -0.493 e. The van der Waals surface area contributed by atoms with Crippen LogP contribution in [0.3, 0.4) is 0 Å². The first kappa shape index (κ1) is 19.6. The molecule has 0 saturated heterocycles. The number of fused-ring (bicyclic) bond motifs is 1. The third-order valence-electron chi connectivity index (χ3n) is 5.06. The van der Waals surface area contributed by atoms with Gasteiger partial charge in [-0.15, -0.1) is 0 Å². The van der Waals surface area contributed by atoms with Crippen LogP contribution in [0.15, 0.2) is 59.1 Å². The second kappa shape index (κ2) is 8.22. The molecule has 0 radical (unpaired) electrons. The Labute approximate surface area is 164 Å². The van der Waals surface area contributed by atoms with E-state index in [0.29, 0.717) is 0 Å². The Hall–Kier alpha value is -2.20. The maximum atomic E-state index is 7.77. The van der Waals surface area contributed by atoms with Crippen LogP contribution >= 0.6 is 10.0 Å². The van der Waals surface area contributed by atoms with Gasteiger partial charge in [0, 0.05) is 31.8 Å². The highest BCUT2D eigenvalue weighted by atomic mass is 32.3. The summed E-state index contributed by atoms with van der Waals surface area (Å²) in [6.45, 7) is 0.776. The molecule has 2 aromatic rings. The molecule has 0 fully saturated rings. The van der Waals surface area contributed by atoms with E-state index < -0.39 is 10.0 Å². The second-order valence-corrected chi connectivity index (χ2v) is 11.9. The molecule has 4 heteroatoms. The minimum atomic E-state index is -0.728. The number of ether oxygens (including phenoxy) is 1. The Bertz CT molecular complexity index is 834. The molecular weight excluding hydrogens is 352 g/mol. The summed E-state index contributed by atoms with van der Waals surface area (Å²) in [7, 11) is 1.15. The van der Waals surface area contributed by atoms with Crippen molar-refractivity contribution in [3.63, 3.8) is 0 Å². The van der Waals surface area contributed by atoms with Crippen LogP contribution in [0.1, 0.15) is 29.0 Å². The standard InChI is InChI=1S/C23H30N2OS/c1-25-16-17(15-24)13-22(18-5-8-21(9-6-18)27(2,3)4)19-7-10-23-20(14-19)11-12-26-23/h5-10,14-16,22,24-25H,11-13H2,1-4H3/b17-16-,24-15?. The van der Waals surface area contributed by atoms with Gasteiger partial charge in [-0.1, -0.05) is 24.3 Å². The quantitative estimate of drug-likeness (QED) is 0.666. The molecule has 0 aliphatic carbocycles. The molecule has 1 aliphatic heterocycles. The van der Waals surface area contributed by atoms with Crippen molar-refractivity contribution in [1.29, 1.82) is 5.41 Å². The summed E-state index contributed by atoms with van der Waals surface area (Å²) < 4.78 is 5.68. The van der Waals surface area contributed by atoms with Gasteiger partial charge in [-0.25, -0.2) is 10.0 Å². The van der Waals surface area contributed by atoms with Gasteiger partial charge in [-0.05, 0) is 70.5 Å². The monoisotopic (exact) mass is 382 g/mol. The Morgan fingerprint density at radius 3 is 2.48 bits per heavy atom. The van der Waals surface area contributed by atoms with E-state index in [1.54, 1.807) is 0 Å². The summed E-state index contributed by atoms with van der Waals surface area (Å²) in [5, 5.41) is 10.8. The van der Waals surface area contributed by atoms with Crippen LogP contribution in [0.5, 0.6) is 5.75 Å². The molecule has 3 nitrogen and oxygen atoms in total. The zero-order valence-electron chi connectivity index (χ0n) is 16.7. The van der Waals surface area contributed by atoms with E-state index in [4.69, 9.17) is 10.1 Å².